The van der Waals surface area contributed by atoms with Crippen molar-refractivity contribution in [3.63, 3.8) is 0 Å². The first-order valence-electron chi connectivity index (χ1n) is 6.38. The van der Waals surface area contributed by atoms with Gasteiger partial charge >= 0.3 is 0 Å². The van der Waals surface area contributed by atoms with Gasteiger partial charge in [0, 0.05) is 12.0 Å². The lowest BCUT2D eigenvalue weighted by Gasteiger charge is -2.09. The number of benzene rings is 1. The third kappa shape index (κ3) is 4.06. The molecule has 1 aromatic carbocycles. The summed E-state index contributed by atoms with van der Waals surface area (Å²) in [4.78, 5) is 23.8. The summed E-state index contributed by atoms with van der Waals surface area (Å²) in [5.74, 6) is -1.27. The maximum absolute atomic E-state index is 12.7. The van der Waals surface area contributed by atoms with E-state index in [2.05, 4.69) is 6.92 Å². The first kappa shape index (κ1) is 14.6. The zero-order valence-electron chi connectivity index (χ0n) is 10.9. The van der Waals surface area contributed by atoms with Gasteiger partial charge in [-0.1, -0.05) is 19.8 Å². The topological polar surface area (TPSA) is 34.1 Å². The fraction of sp³-hybridized carbons (Fsp3) is 0.467. The Balaban J connectivity index is 2.60. The van der Waals surface area contributed by atoms with Gasteiger partial charge in [-0.25, -0.2) is 4.39 Å². The van der Waals surface area contributed by atoms with Gasteiger partial charge < -0.3 is 0 Å². The van der Waals surface area contributed by atoms with E-state index in [9.17, 15) is 14.0 Å². The van der Waals surface area contributed by atoms with Gasteiger partial charge in [-0.15, -0.1) is 0 Å². The summed E-state index contributed by atoms with van der Waals surface area (Å²) >= 11 is 0. The Morgan fingerprint density at radius 1 is 1.17 bits per heavy atom. The van der Waals surface area contributed by atoms with Crippen molar-refractivity contribution in [3.05, 3.63) is 35.6 Å². The zero-order valence-corrected chi connectivity index (χ0v) is 10.9. The summed E-state index contributed by atoms with van der Waals surface area (Å²) in [6.07, 6.45) is 3.33. The molecule has 0 N–H and O–H groups in total. The van der Waals surface area contributed by atoms with Gasteiger partial charge in [0.2, 0.25) is 0 Å². The second-order valence-electron chi connectivity index (χ2n) is 4.52. The van der Waals surface area contributed by atoms with E-state index in [1.54, 1.807) is 6.92 Å². The molecule has 18 heavy (non-hydrogen) atoms. The van der Waals surface area contributed by atoms with E-state index in [4.69, 9.17) is 0 Å². The highest BCUT2D eigenvalue weighted by Gasteiger charge is 2.21. The first-order chi connectivity index (χ1) is 8.56. The summed E-state index contributed by atoms with van der Waals surface area (Å²) in [5.41, 5.74) is 0.396. The van der Waals surface area contributed by atoms with Gasteiger partial charge in [-0.3, -0.25) is 9.59 Å². The number of ketones is 2. The SMILES string of the molecule is CCCCCC(=O)C(C)C(=O)c1ccc(F)cc1. The highest BCUT2D eigenvalue weighted by atomic mass is 19.1. The molecule has 1 aromatic rings. The van der Waals surface area contributed by atoms with Crippen LogP contribution < -0.4 is 0 Å². The smallest absolute Gasteiger partial charge is 0.173 e. The molecule has 1 rings (SSSR count). The molecule has 0 aliphatic rings. The Kier molecular flexibility index (Phi) is 5.69. The van der Waals surface area contributed by atoms with Crippen LogP contribution in [0.3, 0.4) is 0 Å². The van der Waals surface area contributed by atoms with Gasteiger partial charge in [0.05, 0.1) is 5.92 Å². The number of hydrogen-bond acceptors (Lipinski definition) is 2. The zero-order chi connectivity index (χ0) is 13.5. The van der Waals surface area contributed by atoms with Crippen LogP contribution in [0.1, 0.15) is 49.9 Å². The summed E-state index contributed by atoms with van der Waals surface area (Å²) in [6, 6.07) is 5.32. The predicted octanol–water partition coefficient (Wildman–Crippen LogP) is 3.79. The minimum atomic E-state index is -0.632. The minimum absolute atomic E-state index is 0.0298. The molecule has 3 heteroatoms. The number of Topliss-reactive ketones (excluding diaryl/α,β-unsaturated/α-hetero) is 2. The van der Waals surface area contributed by atoms with Gasteiger partial charge in [0.25, 0.3) is 0 Å². The van der Waals surface area contributed by atoms with Crippen LogP contribution in [0.5, 0.6) is 0 Å². The molecular weight excluding hydrogens is 231 g/mol. The summed E-state index contributed by atoms with van der Waals surface area (Å²) in [5, 5.41) is 0. The van der Waals surface area contributed by atoms with Gasteiger partial charge in [-0.05, 0) is 37.6 Å². The highest BCUT2D eigenvalue weighted by molar-refractivity contribution is 6.10. The van der Waals surface area contributed by atoms with Crippen LogP contribution in [0.2, 0.25) is 0 Å². The van der Waals surface area contributed by atoms with Crippen molar-refractivity contribution in [1.29, 1.82) is 0 Å². The lowest BCUT2D eigenvalue weighted by molar-refractivity contribution is -0.121. The average molecular weight is 250 g/mol. The molecule has 0 spiro atoms. The van der Waals surface area contributed by atoms with E-state index < -0.39 is 5.92 Å². The van der Waals surface area contributed by atoms with Crippen molar-refractivity contribution < 1.29 is 14.0 Å². The van der Waals surface area contributed by atoms with Gasteiger partial charge in [-0.2, -0.15) is 0 Å². The summed E-state index contributed by atoms with van der Waals surface area (Å²) < 4.78 is 12.7. The molecule has 0 heterocycles. The van der Waals surface area contributed by atoms with E-state index in [1.165, 1.54) is 24.3 Å². The number of carbonyl (C=O) groups excluding carboxylic acids is 2. The molecule has 98 valence electrons. The maximum atomic E-state index is 12.7. The Hall–Kier alpha value is -1.51. The van der Waals surface area contributed by atoms with E-state index >= 15 is 0 Å². The molecule has 0 aliphatic heterocycles. The third-order valence-corrected chi connectivity index (χ3v) is 3.03. The van der Waals surface area contributed by atoms with Crippen molar-refractivity contribution in [1.82, 2.24) is 0 Å². The predicted molar refractivity (Wildman–Crippen MR) is 69.0 cm³/mol. The number of halogens is 1. The van der Waals surface area contributed by atoms with Crippen LogP contribution in [0.25, 0.3) is 0 Å². The number of hydrogen-bond donors (Lipinski definition) is 0. The number of carbonyl (C=O) groups is 2. The Morgan fingerprint density at radius 2 is 1.78 bits per heavy atom. The largest absolute Gasteiger partial charge is 0.299 e. The molecule has 0 amide bonds. The van der Waals surface area contributed by atoms with Crippen LogP contribution >= 0.6 is 0 Å². The first-order valence-corrected chi connectivity index (χ1v) is 6.38. The Morgan fingerprint density at radius 3 is 2.33 bits per heavy atom. The van der Waals surface area contributed by atoms with Crippen molar-refractivity contribution in [2.24, 2.45) is 5.92 Å². The molecule has 0 radical (unpaired) electrons. The molecule has 2 nitrogen and oxygen atoms in total. The lowest BCUT2D eigenvalue weighted by Crippen LogP contribution is -2.21. The molecule has 0 saturated carbocycles. The molecule has 0 fully saturated rings. The molecule has 0 aliphatic carbocycles. The van der Waals surface area contributed by atoms with E-state index in [0.29, 0.717) is 12.0 Å². The Labute approximate surface area is 107 Å². The Bertz CT molecular complexity index is 409. The lowest BCUT2D eigenvalue weighted by atomic mass is 9.93. The van der Waals surface area contributed by atoms with Crippen LogP contribution in [0.15, 0.2) is 24.3 Å². The van der Waals surface area contributed by atoms with Gasteiger partial charge in [0.15, 0.2) is 5.78 Å². The van der Waals surface area contributed by atoms with Crippen LogP contribution in [0, 0.1) is 11.7 Å². The second kappa shape index (κ2) is 7.04. The minimum Gasteiger partial charge on any atom is -0.299 e. The monoisotopic (exact) mass is 250 g/mol. The number of rotatable bonds is 7. The van der Waals surface area contributed by atoms with E-state index in [0.717, 1.165) is 19.3 Å². The van der Waals surface area contributed by atoms with E-state index in [1.807, 2.05) is 0 Å². The van der Waals surface area contributed by atoms with E-state index in [-0.39, 0.29) is 17.4 Å². The normalized spacial score (nSPS) is 12.2. The van der Waals surface area contributed by atoms with Crippen LogP contribution in [0.4, 0.5) is 4.39 Å². The molecule has 1 unspecified atom stereocenters. The van der Waals surface area contributed by atoms with Crippen LogP contribution in [-0.2, 0) is 4.79 Å². The summed E-state index contributed by atoms with van der Waals surface area (Å²) in [6.45, 7) is 3.69. The van der Waals surface area contributed by atoms with Crippen molar-refractivity contribution in [2.45, 2.75) is 39.5 Å². The molecular formula is C15H19FO2. The molecule has 1 atom stereocenters. The fourth-order valence-corrected chi connectivity index (χ4v) is 1.78. The molecule has 0 saturated heterocycles. The summed E-state index contributed by atoms with van der Waals surface area (Å²) in [7, 11) is 0. The average Bonchev–Trinajstić information content (AvgIpc) is 2.38. The quantitative estimate of drug-likeness (QED) is 0.419. The molecule has 0 bridgehead atoms. The van der Waals surface area contributed by atoms with Crippen molar-refractivity contribution in [2.75, 3.05) is 0 Å². The maximum Gasteiger partial charge on any atom is 0.173 e. The van der Waals surface area contributed by atoms with Crippen molar-refractivity contribution >= 4 is 11.6 Å². The van der Waals surface area contributed by atoms with Crippen molar-refractivity contribution in [3.8, 4) is 0 Å². The molecule has 0 aromatic heterocycles. The fourth-order valence-electron chi connectivity index (χ4n) is 1.78. The van der Waals surface area contributed by atoms with Crippen LogP contribution in [-0.4, -0.2) is 11.6 Å². The number of unbranched alkanes of at least 4 members (excludes halogenated alkanes) is 2. The third-order valence-electron chi connectivity index (χ3n) is 3.03. The second-order valence-corrected chi connectivity index (χ2v) is 4.52. The van der Waals surface area contributed by atoms with Gasteiger partial charge in [0.1, 0.15) is 11.6 Å². The standard InChI is InChI=1S/C15H19FO2/c1-3-4-5-6-14(17)11(2)15(18)12-7-9-13(16)10-8-12/h7-11H,3-6H2,1-2H3. The highest BCUT2D eigenvalue weighted by Crippen LogP contribution is 2.14.